The number of nitrogens with one attached hydrogen (secondary N) is 1. The molecular weight excluding hydrogens is 296 g/mol. The molecule has 6 rings (SSSR count). The van der Waals surface area contributed by atoms with E-state index in [1.807, 2.05) is 11.0 Å². The number of anilines is 1. The Morgan fingerprint density at radius 1 is 1.12 bits per heavy atom. The molecule has 2 amide bonds. The first-order valence-electron chi connectivity index (χ1n) is 9.77. The van der Waals surface area contributed by atoms with E-state index in [0.717, 1.165) is 36.4 Å². The second kappa shape index (κ2) is 5.24. The highest BCUT2D eigenvalue weighted by Gasteiger charge is 2.51. The summed E-state index contributed by atoms with van der Waals surface area (Å²) in [4.78, 5) is 14.9. The van der Waals surface area contributed by atoms with Gasteiger partial charge in [0.25, 0.3) is 0 Å². The number of carbonyl (C=O) groups excluding carboxylic acids is 1. The van der Waals surface area contributed by atoms with Crippen LogP contribution < -0.4 is 10.2 Å². The molecule has 0 unspecified atom stereocenters. The Kier molecular flexibility index (Phi) is 3.23. The maximum atomic E-state index is 12.9. The van der Waals surface area contributed by atoms with Gasteiger partial charge >= 0.3 is 6.03 Å². The third-order valence-corrected chi connectivity index (χ3v) is 7.21. The highest BCUT2D eigenvalue weighted by molar-refractivity contribution is 5.94. The standard InChI is InChI=1S/C21H28N2O/c1-14-6-18-4-2-3-5-19(18)23(14)20(24)22-13-21-10-15-7-16(11-21)9-17(8-15)12-21/h2-5,14-17H,6-13H2,1H3,(H,22,24)/t14-,15?,16?,17?,21?/m1/s1. The molecule has 0 radical (unpaired) electrons. The molecule has 4 saturated carbocycles. The van der Waals surface area contributed by atoms with Gasteiger partial charge in [0.1, 0.15) is 0 Å². The lowest BCUT2D eigenvalue weighted by Gasteiger charge is -2.57. The van der Waals surface area contributed by atoms with Crippen molar-refractivity contribution >= 4 is 11.7 Å². The number of hydrogen-bond acceptors (Lipinski definition) is 1. The summed E-state index contributed by atoms with van der Waals surface area (Å²) in [6.45, 7) is 3.05. The summed E-state index contributed by atoms with van der Waals surface area (Å²) >= 11 is 0. The van der Waals surface area contributed by atoms with Crippen LogP contribution in [0, 0.1) is 23.2 Å². The summed E-state index contributed by atoms with van der Waals surface area (Å²) in [5.41, 5.74) is 2.82. The zero-order valence-corrected chi connectivity index (χ0v) is 14.6. The predicted octanol–water partition coefficient (Wildman–Crippen LogP) is 4.36. The molecule has 3 nitrogen and oxygen atoms in total. The highest BCUT2D eigenvalue weighted by Crippen LogP contribution is 2.59. The van der Waals surface area contributed by atoms with Gasteiger partial charge in [0, 0.05) is 18.3 Å². The number of urea groups is 1. The maximum Gasteiger partial charge on any atom is 0.322 e. The fraction of sp³-hybridized carbons (Fsp3) is 0.667. The SMILES string of the molecule is C[C@@H]1Cc2ccccc2N1C(=O)NCC12CC3CC(CC(C3)C1)C2. The van der Waals surface area contributed by atoms with Crippen LogP contribution in [0.5, 0.6) is 0 Å². The van der Waals surface area contributed by atoms with Crippen LogP contribution in [-0.4, -0.2) is 18.6 Å². The van der Waals surface area contributed by atoms with Gasteiger partial charge in [-0.3, -0.25) is 4.90 Å². The van der Waals surface area contributed by atoms with Gasteiger partial charge in [0.15, 0.2) is 0 Å². The Labute approximate surface area is 144 Å². The van der Waals surface area contributed by atoms with E-state index in [0.29, 0.717) is 5.41 Å². The van der Waals surface area contributed by atoms with E-state index in [9.17, 15) is 4.79 Å². The molecule has 1 N–H and O–H groups in total. The van der Waals surface area contributed by atoms with Crippen LogP contribution in [0.4, 0.5) is 10.5 Å². The van der Waals surface area contributed by atoms with Crippen molar-refractivity contribution in [3.63, 3.8) is 0 Å². The Hall–Kier alpha value is -1.51. The lowest BCUT2D eigenvalue weighted by Crippen LogP contribution is -2.53. The van der Waals surface area contributed by atoms with Crippen molar-refractivity contribution in [2.75, 3.05) is 11.4 Å². The summed E-state index contributed by atoms with van der Waals surface area (Å²) in [5, 5.41) is 3.34. The Morgan fingerprint density at radius 2 is 1.75 bits per heavy atom. The molecule has 5 aliphatic rings. The third-order valence-electron chi connectivity index (χ3n) is 7.21. The number of rotatable bonds is 2. The minimum atomic E-state index is 0.114. The third kappa shape index (κ3) is 2.28. The zero-order valence-electron chi connectivity index (χ0n) is 14.6. The number of carbonyl (C=O) groups is 1. The molecule has 128 valence electrons. The van der Waals surface area contributed by atoms with Gasteiger partial charge in [0.2, 0.25) is 0 Å². The van der Waals surface area contributed by atoms with Crippen molar-refractivity contribution in [1.29, 1.82) is 0 Å². The topological polar surface area (TPSA) is 32.3 Å². The lowest BCUT2D eigenvalue weighted by molar-refractivity contribution is -0.0497. The summed E-state index contributed by atoms with van der Waals surface area (Å²) in [7, 11) is 0. The molecule has 0 spiro atoms. The lowest BCUT2D eigenvalue weighted by atomic mass is 9.49. The fourth-order valence-electron chi connectivity index (χ4n) is 6.73. The van der Waals surface area contributed by atoms with Crippen LogP contribution in [0.25, 0.3) is 0 Å². The summed E-state index contributed by atoms with van der Waals surface area (Å²) in [6, 6.07) is 8.72. The van der Waals surface area contributed by atoms with E-state index in [2.05, 4.69) is 30.4 Å². The molecule has 1 atom stereocenters. The van der Waals surface area contributed by atoms with Crippen LogP contribution in [0.15, 0.2) is 24.3 Å². The molecular formula is C21H28N2O. The normalized spacial score (nSPS) is 39.1. The van der Waals surface area contributed by atoms with E-state index < -0.39 is 0 Å². The molecule has 1 aromatic rings. The molecule has 4 aliphatic carbocycles. The number of hydrogen-bond donors (Lipinski definition) is 1. The quantitative estimate of drug-likeness (QED) is 0.861. The van der Waals surface area contributed by atoms with E-state index >= 15 is 0 Å². The van der Waals surface area contributed by atoms with Gasteiger partial charge in [-0.15, -0.1) is 0 Å². The fourth-order valence-corrected chi connectivity index (χ4v) is 6.73. The average molecular weight is 324 g/mol. The van der Waals surface area contributed by atoms with Crippen molar-refractivity contribution in [1.82, 2.24) is 5.32 Å². The summed E-state index contributed by atoms with van der Waals surface area (Å²) in [5.74, 6) is 2.83. The van der Waals surface area contributed by atoms with Crippen LogP contribution in [0.3, 0.4) is 0 Å². The van der Waals surface area contributed by atoms with E-state index in [-0.39, 0.29) is 12.1 Å². The van der Waals surface area contributed by atoms with Crippen LogP contribution in [0.1, 0.15) is 51.0 Å². The van der Waals surface area contributed by atoms with E-state index in [1.54, 1.807) is 0 Å². The summed E-state index contributed by atoms with van der Waals surface area (Å²) in [6.07, 6.45) is 9.42. The Bertz CT molecular complexity index is 632. The zero-order chi connectivity index (χ0) is 16.3. The molecule has 1 heterocycles. The second-order valence-electron chi connectivity index (χ2n) is 9.13. The van der Waals surface area contributed by atoms with Crippen LogP contribution in [0.2, 0.25) is 0 Å². The molecule has 0 aromatic heterocycles. The van der Waals surface area contributed by atoms with Crippen LogP contribution >= 0.6 is 0 Å². The monoisotopic (exact) mass is 324 g/mol. The number of benzene rings is 1. The number of fused-ring (bicyclic) bond motifs is 1. The van der Waals surface area contributed by atoms with Crippen LogP contribution in [-0.2, 0) is 6.42 Å². The number of para-hydroxylation sites is 1. The van der Waals surface area contributed by atoms with Crippen molar-refractivity contribution < 1.29 is 4.79 Å². The van der Waals surface area contributed by atoms with Gasteiger partial charge in [-0.25, -0.2) is 4.79 Å². The van der Waals surface area contributed by atoms with Gasteiger partial charge in [-0.1, -0.05) is 18.2 Å². The summed E-state index contributed by atoms with van der Waals surface area (Å²) < 4.78 is 0. The van der Waals surface area contributed by atoms with E-state index in [4.69, 9.17) is 0 Å². The minimum Gasteiger partial charge on any atom is -0.337 e. The first-order chi connectivity index (χ1) is 11.6. The van der Waals surface area contributed by atoms with Crippen molar-refractivity contribution in [3.8, 4) is 0 Å². The molecule has 0 saturated heterocycles. The predicted molar refractivity (Wildman–Crippen MR) is 96.1 cm³/mol. The number of nitrogens with zero attached hydrogens (tertiary/aromatic N) is 1. The first kappa shape index (κ1) is 14.8. The smallest absolute Gasteiger partial charge is 0.322 e. The van der Waals surface area contributed by atoms with Crippen molar-refractivity contribution in [2.45, 2.75) is 57.9 Å². The Morgan fingerprint density at radius 3 is 2.42 bits per heavy atom. The molecule has 4 fully saturated rings. The molecule has 1 aromatic carbocycles. The first-order valence-corrected chi connectivity index (χ1v) is 9.77. The average Bonchev–Trinajstić information content (AvgIpc) is 2.87. The maximum absolute atomic E-state index is 12.9. The number of amides is 2. The highest BCUT2D eigenvalue weighted by atomic mass is 16.2. The van der Waals surface area contributed by atoms with Gasteiger partial charge < -0.3 is 5.32 Å². The van der Waals surface area contributed by atoms with Crippen molar-refractivity contribution in [2.24, 2.45) is 23.2 Å². The van der Waals surface area contributed by atoms with Gasteiger partial charge in [-0.05, 0) is 86.7 Å². The molecule has 4 bridgehead atoms. The van der Waals surface area contributed by atoms with Gasteiger partial charge in [-0.2, -0.15) is 0 Å². The molecule has 1 aliphatic heterocycles. The minimum absolute atomic E-state index is 0.114. The van der Waals surface area contributed by atoms with Crippen molar-refractivity contribution in [3.05, 3.63) is 29.8 Å². The largest absolute Gasteiger partial charge is 0.337 e. The Balaban J connectivity index is 1.30. The van der Waals surface area contributed by atoms with Gasteiger partial charge in [0.05, 0.1) is 0 Å². The van der Waals surface area contributed by atoms with E-state index in [1.165, 1.54) is 44.1 Å². The molecule has 3 heteroatoms. The molecule has 24 heavy (non-hydrogen) atoms. The second-order valence-corrected chi connectivity index (χ2v) is 9.13.